The Labute approximate surface area is 128 Å². The number of carbonyl (C=O) groups is 2. The summed E-state index contributed by atoms with van der Waals surface area (Å²) in [6.07, 6.45) is 0.435. The maximum Gasteiger partial charge on any atom is 0.241 e. The van der Waals surface area contributed by atoms with E-state index in [1.807, 2.05) is 0 Å². The van der Waals surface area contributed by atoms with E-state index >= 15 is 0 Å². The molecule has 2 rings (SSSR count). The fourth-order valence-corrected chi connectivity index (χ4v) is 3.75. The van der Waals surface area contributed by atoms with Crippen LogP contribution in [-0.2, 0) is 19.4 Å². The average molecular weight is 328 g/mol. The number of rotatable bonds is 4. The molecule has 1 aliphatic rings. The Bertz CT molecular complexity index is 687. The molecule has 1 saturated heterocycles. The van der Waals surface area contributed by atoms with Crippen LogP contribution in [0.25, 0.3) is 0 Å². The maximum atomic E-state index is 12.9. The molecule has 1 heterocycles. The summed E-state index contributed by atoms with van der Waals surface area (Å²) >= 11 is 0. The van der Waals surface area contributed by atoms with E-state index in [1.54, 1.807) is 0 Å². The molecule has 0 spiro atoms. The minimum Gasteiger partial charge on any atom is -0.369 e. The molecule has 0 saturated carbocycles. The van der Waals surface area contributed by atoms with Gasteiger partial charge in [-0.1, -0.05) is 0 Å². The molecule has 2 N–H and O–H groups in total. The second kappa shape index (κ2) is 6.04. The first kappa shape index (κ1) is 16.4. The third-order valence-electron chi connectivity index (χ3n) is 3.86. The summed E-state index contributed by atoms with van der Waals surface area (Å²) in [6.45, 7) is 1.73. The second-order valence-corrected chi connectivity index (χ2v) is 7.58. The minimum absolute atomic E-state index is 0.111. The van der Waals surface area contributed by atoms with E-state index < -0.39 is 38.6 Å². The van der Waals surface area contributed by atoms with Crippen molar-refractivity contribution in [3.8, 4) is 0 Å². The summed E-state index contributed by atoms with van der Waals surface area (Å²) in [7, 11) is -3.90. The lowest BCUT2D eigenvalue weighted by Gasteiger charge is -2.21. The minimum atomic E-state index is -3.90. The van der Waals surface area contributed by atoms with Crippen LogP contribution >= 0.6 is 0 Å². The Morgan fingerprint density at radius 1 is 1.32 bits per heavy atom. The van der Waals surface area contributed by atoms with Crippen LogP contribution < -0.4 is 5.73 Å². The van der Waals surface area contributed by atoms with E-state index in [1.165, 1.54) is 11.8 Å². The van der Waals surface area contributed by atoms with Gasteiger partial charge in [-0.3, -0.25) is 9.59 Å². The standard InChI is InChI=1S/C14H17FN2O4S/c1-9(14(19)17-7-6-10(8-17)13(16)18)22(20,21)12-4-2-11(15)3-5-12/h2-5,9-10H,6-8H2,1H3,(H2,16,18)/t9-,10-/m1/s1. The van der Waals surface area contributed by atoms with Crippen LogP contribution in [0.4, 0.5) is 4.39 Å². The number of halogens is 1. The van der Waals surface area contributed by atoms with Crippen LogP contribution in [0.15, 0.2) is 29.2 Å². The van der Waals surface area contributed by atoms with Gasteiger partial charge in [0.1, 0.15) is 11.1 Å². The summed E-state index contributed by atoms with van der Waals surface area (Å²) in [5, 5.41) is -1.30. The zero-order valence-electron chi connectivity index (χ0n) is 12.0. The largest absolute Gasteiger partial charge is 0.369 e. The number of sulfone groups is 1. The van der Waals surface area contributed by atoms with E-state index in [-0.39, 0.29) is 11.4 Å². The highest BCUT2D eigenvalue weighted by Gasteiger charge is 2.37. The molecule has 2 atom stereocenters. The van der Waals surface area contributed by atoms with Gasteiger partial charge in [0.15, 0.2) is 9.84 Å². The molecule has 1 aliphatic heterocycles. The third kappa shape index (κ3) is 3.11. The van der Waals surface area contributed by atoms with Gasteiger partial charge in [-0.2, -0.15) is 0 Å². The highest BCUT2D eigenvalue weighted by molar-refractivity contribution is 7.92. The van der Waals surface area contributed by atoms with Gasteiger partial charge in [0.05, 0.1) is 10.8 Å². The molecular weight excluding hydrogens is 311 g/mol. The summed E-state index contributed by atoms with van der Waals surface area (Å²) in [6, 6.07) is 4.32. The molecule has 2 amide bonds. The number of nitrogens with zero attached hydrogens (tertiary/aromatic N) is 1. The van der Waals surface area contributed by atoms with Crippen LogP contribution in [0.5, 0.6) is 0 Å². The zero-order chi connectivity index (χ0) is 16.5. The average Bonchev–Trinajstić information content (AvgIpc) is 2.96. The Balaban J connectivity index is 2.16. The van der Waals surface area contributed by atoms with Gasteiger partial charge in [0.25, 0.3) is 0 Å². The molecule has 1 fully saturated rings. The number of carbonyl (C=O) groups excluding carboxylic acids is 2. The molecule has 8 heteroatoms. The molecule has 0 aliphatic carbocycles. The molecule has 0 bridgehead atoms. The molecule has 1 aromatic carbocycles. The van der Waals surface area contributed by atoms with Gasteiger partial charge in [0, 0.05) is 13.1 Å². The molecule has 1 aromatic rings. The molecule has 0 unspecified atom stereocenters. The molecular formula is C14H17FN2O4S. The monoisotopic (exact) mass is 328 g/mol. The highest BCUT2D eigenvalue weighted by Crippen LogP contribution is 2.22. The summed E-state index contributed by atoms with van der Waals surface area (Å²) in [4.78, 5) is 24.7. The van der Waals surface area contributed by atoms with Gasteiger partial charge in [-0.15, -0.1) is 0 Å². The van der Waals surface area contributed by atoms with E-state index in [0.29, 0.717) is 13.0 Å². The number of primary amides is 1. The molecule has 0 aromatic heterocycles. The first-order chi connectivity index (χ1) is 10.2. The van der Waals surface area contributed by atoms with Crippen molar-refractivity contribution in [1.29, 1.82) is 0 Å². The topological polar surface area (TPSA) is 97.5 Å². The maximum absolute atomic E-state index is 12.9. The number of likely N-dealkylation sites (tertiary alicyclic amines) is 1. The Morgan fingerprint density at radius 2 is 1.91 bits per heavy atom. The lowest BCUT2D eigenvalue weighted by atomic mass is 10.1. The highest BCUT2D eigenvalue weighted by atomic mass is 32.2. The fourth-order valence-electron chi connectivity index (χ4n) is 2.41. The summed E-state index contributed by atoms with van der Waals surface area (Å²) in [5.74, 6) is -2.07. The fraction of sp³-hybridized carbons (Fsp3) is 0.429. The van der Waals surface area contributed by atoms with Crippen molar-refractivity contribution in [2.75, 3.05) is 13.1 Å². The SMILES string of the molecule is C[C@H](C(=O)N1CC[C@@H](C(N)=O)C1)S(=O)(=O)c1ccc(F)cc1. The van der Waals surface area contributed by atoms with Crippen LogP contribution in [0.3, 0.4) is 0 Å². The van der Waals surface area contributed by atoms with Gasteiger partial charge in [-0.25, -0.2) is 12.8 Å². The van der Waals surface area contributed by atoms with Gasteiger partial charge in [-0.05, 0) is 37.6 Å². The predicted molar refractivity (Wildman–Crippen MR) is 76.9 cm³/mol. The van der Waals surface area contributed by atoms with Crippen LogP contribution in [0.1, 0.15) is 13.3 Å². The Hall–Kier alpha value is -1.96. The van der Waals surface area contributed by atoms with Crippen molar-refractivity contribution >= 4 is 21.7 Å². The smallest absolute Gasteiger partial charge is 0.241 e. The van der Waals surface area contributed by atoms with Crippen LogP contribution in [0.2, 0.25) is 0 Å². The predicted octanol–water partition coefficient (Wildman–Crippen LogP) is 0.322. The van der Waals surface area contributed by atoms with Gasteiger partial charge in [0.2, 0.25) is 11.8 Å². The van der Waals surface area contributed by atoms with Crippen molar-refractivity contribution in [1.82, 2.24) is 4.90 Å². The van der Waals surface area contributed by atoms with Gasteiger partial charge < -0.3 is 10.6 Å². The zero-order valence-corrected chi connectivity index (χ0v) is 12.8. The summed E-state index contributed by atoms with van der Waals surface area (Å²) in [5.41, 5.74) is 5.20. The van der Waals surface area contributed by atoms with Crippen molar-refractivity contribution in [2.24, 2.45) is 11.7 Å². The van der Waals surface area contributed by atoms with Crippen molar-refractivity contribution in [3.05, 3.63) is 30.1 Å². The van der Waals surface area contributed by atoms with Crippen LogP contribution in [0, 0.1) is 11.7 Å². The number of amides is 2. The molecule has 22 heavy (non-hydrogen) atoms. The normalized spacial score (nSPS) is 19.9. The number of hydrogen-bond acceptors (Lipinski definition) is 4. The van der Waals surface area contributed by atoms with E-state index in [0.717, 1.165) is 24.3 Å². The number of nitrogens with two attached hydrogens (primary N) is 1. The van der Waals surface area contributed by atoms with E-state index in [4.69, 9.17) is 5.73 Å². The van der Waals surface area contributed by atoms with Crippen molar-refractivity contribution in [3.63, 3.8) is 0 Å². The number of hydrogen-bond donors (Lipinski definition) is 1. The Morgan fingerprint density at radius 3 is 2.41 bits per heavy atom. The first-order valence-electron chi connectivity index (χ1n) is 6.81. The van der Waals surface area contributed by atoms with E-state index in [9.17, 15) is 22.4 Å². The van der Waals surface area contributed by atoms with Crippen molar-refractivity contribution in [2.45, 2.75) is 23.5 Å². The Kier molecular flexibility index (Phi) is 4.50. The molecule has 6 nitrogen and oxygen atoms in total. The molecule has 0 radical (unpaired) electrons. The third-order valence-corrected chi connectivity index (χ3v) is 5.92. The lowest BCUT2D eigenvalue weighted by molar-refractivity contribution is -0.129. The second-order valence-electron chi connectivity index (χ2n) is 5.31. The first-order valence-corrected chi connectivity index (χ1v) is 8.35. The van der Waals surface area contributed by atoms with E-state index in [2.05, 4.69) is 0 Å². The summed E-state index contributed by atoms with van der Waals surface area (Å²) < 4.78 is 37.7. The molecule has 120 valence electrons. The van der Waals surface area contributed by atoms with Gasteiger partial charge >= 0.3 is 0 Å². The van der Waals surface area contributed by atoms with Crippen LogP contribution in [-0.4, -0.2) is 43.5 Å². The lowest BCUT2D eigenvalue weighted by Crippen LogP contribution is -2.41. The quantitative estimate of drug-likeness (QED) is 0.805. The van der Waals surface area contributed by atoms with Crippen molar-refractivity contribution < 1.29 is 22.4 Å². The number of benzene rings is 1.